The van der Waals surface area contributed by atoms with Crippen molar-refractivity contribution in [1.29, 1.82) is 0 Å². The van der Waals surface area contributed by atoms with Gasteiger partial charge in [-0.1, -0.05) is 23.7 Å². The van der Waals surface area contributed by atoms with Gasteiger partial charge in [-0.25, -0.2) is 0 Å². The van der Waals surface area contributed by atoms with Gasteiger partial charge in [-0.2, -0.15) is 0 Å². The van der Waals surface area contributed by atoms with Gasteiger partial charge in [0, 0.05) is 10.6 Å². The normalized spacial score (nSPS) is 10.7. The highest BCUT2D eigenvalue weighted by atomic mass is 35.5. The summed E-state index contributed by atoms with van der Waals surface area (Å²) in [6, 6.07) is 5.29. The average molecular weight is 227 g/mol. The first-order chi connectivity index (χ1) is 7.00. The van der Waals surface area contributed by atoms with Crippen LogP contribution in [-0.2, 0) is 4.74 Å². The quantitative estimate of drug-likeness (QED) is 0.737. The lowest BCUT2D eigenvalue weighted by Gasteiger charge is -2.07. The van der Waals surface area contributed by atoms with Gasteiger partial charge >= 0.3 is 0 Å². The average Bonchev–Trinajstić information content (AvgIpc) is 2.18. The second kappa shape index (κ2) is 5.29. The molecular weight excluding hydrogens is 212 g/mol. The smallest absolute Gasteiger partial charge is 0.188 e. The molecule has 2 nitrogen and oxygen atoms in total. The summed E-state index contributed by atoms with van der Waals surface area (Å²) >= 11 is 5.93. The van der Waals surface area contributed by atoms with Crippen LogP contribution in [0.25, 0.3) is 0 Å². The largest absolute Gasteiger partial charge is 0.371 e. The van der Waals surface area contributed by atoms with Crippen molar-refractivity contribution in [2.75, 3.05) is 6.61 Å². The summed E-state index contributed by atoms with van der Waals surface area (Å²) in [5, 5.41) is 0.616. The second-order valence-electron chi connectivity index (χ2n) is 3.75. The number of rotatable bonds is 4. The Labute approximate surface area is 95.2 Å². The van der Waals surface area contributed by atoms with E-state index in [-0.39, 0.29) is 18.5 Å². The molecule has 0 unspecified atom stereocenters. The van der Waals surface area contributed by atoms with Gasteiger partial charge in [0.1, 0.15) is 6.61 Å². The summed E-state index contributed by atoms with van der Waals surface area (Å²) in [6.45, 7) is 5.81. The number of Topliss-reactive ketones (excluding diaryl/α,β-unsaturated/α-hetero) is 1. The predicted molar refractivity (Wildman–Crippen MR) is 61.6 cm³/mol. The topological polar surface area (TPSA) is 26.3 Å². The fourth-order valence-electron chi connectivity index (χ4n) is 1.09. The lowest BCUT2D eigenvalue weighted by molar-refractivity contribution is 0.0585. The first-order valence-corrected chi connectivity index (χ1v) is 5.29. The Hall–Kier alpha value is -0.860. The van der Waals surface area contributed by atoms with Gasteiger partial charge in [0.15, 0.2) is 5.78 Å². The SMILES string of the molecule is Cc1ccc(C(=O)COC(C)C)cc1Cl. The number of ether oxygens (including phenoxy) is 1. The molecule has 15 heavy (non-hydrogen) atoms. The third kappa shape index (κ3) is 3.65. The molecule has 0 bridgehead atoms. The molecule has 1 aromatic rings. The maximum absolute atomic E-state index is 11.6. The first-order valence-electron chi connectivity index (χ1n) is 4.91. The van der Waals surface area contributed by atoms with E-state index in [1.807, 2.05) is 26.8 Å². The summed E-state index contributed by atoms with van der Waals surface area (Å²) in [7, 11) is 0. The number of halogens is 1. The Morgan fingerprint density at radius 2 is 2.13 bits per heavy atom. The minimum Gasteiger partial charge on any atom is -0.371 e. The summed E-state index contributed by atoms with van der Waals surface area (Å²) < 4.78 is 5.24. The van der Waals surface area contributed by atoms with E-state index in [1.54, 1.807) is 12.1 Å². The lowest BCUT2D eigenvalue weighted by atomic mass is 10.1. The van der Waals surface area contributed by atoms with Crippen LogP contribution in [0.1, 0.15) is 29.8 Å². The molecule has 0 aliphatic carbocycles. The van der Waals surface area contributed by atoms with Crippen molar-refractivity contribution in [3.05, 3.63) is 34.3 Å². The molecule has 0 saturated heterocycles. The maximum Gasteiger partial charge on any atom is 0.188 e. The minimum atomic E-state index is -0.0365. The molecular formula is C12H15ClO2. The molecule has 0 saturated carbocycles. The summed E-state index contributed by atoms with van der Waals surface area (Å²) in [5.74, 6) is -0.0365. The monoisotopic (exact) mass is 226 g/mol. The molecule has 1 aromatic carbocycles. The maximum atomic E-state index is 11.6. The van der Waals surface area contributed by atoms with Crippen molar-refractivity contribution in [2.45, 2.75) is 26.9 Å². The standard InChI is InChI=1S/C12H15ClO2/c1-8(2)15-7-12(14)10-5-4-9(3)11(13)6-10/h4-6,8H,7H2,1-3H3. The van der Waals surface area contributed by atoms with Crippen molar-refractivity contribution in [3.8, 4) is 0 Å². The highest BCUT2D eigenvalue weighted by Gasteiger charge is 2.08. The van der Waals surface area contributed by atoms with Crippen LogP contribution in [0.15, 0.2) is 18.2 Å². The van der Waals surface area contributed by atoms with Gasteiger partial charge in [-0.05, 0) is 32.4 Å². The molecule has 1 rings (SSSR count). The molecule has 3 heteroatoms. The molecule has 0 atom stereocenters. The van der Waals surface area contributed by atoms with E-state index in [1.165, 1.54) is 0 Å². The van der Waals surface area contributed by atoms with Crippen molar-refractivity contribution in [1.82, 2.24) is 0 Å². The zero-order valence-corrected chi connectivity index (χ0v) is 9.97. The fraction of sp³-hybridized carbons (Fsp3) is 0.417. The number of carbonyl (C=O) groups is 1. The number of benzene rings is 1. The number of hydrogen-bond donors (Lipinski definition) is 0. The van der Waals surface area contributed by atoms with E-state index in [0.29, 0.717) is 10.6 Å². The van der Waals surface area contributed by atoms with Crippen LogP contribution in [0.5, 0.6) is 0 Å². The summed E-state index contributed by atoms with van der Waals surface area (Å²) in [5.41, 5.74) is 1.57. The summed E-state index contributed by atoms with van der Waals surface area (Å²) in [4.78, 5) is 11.6. The second-order valence-corrected chi connectivity index (χ2v) is 4.15. The van der Waals surface area contributed by atoms with Crippen LogP contribution in [-0.4, -0.2) is 18.5 Å². The number of ketones is 1. The third-order valence-electron chi connectivity index (χ3n) is 2.04. The van der Waals surface area contributed by atoms with Crippen molar-refractivity contribution < 1.29 is 9.53 Å². The molecule has 0 amide bonds. The van der Waals surface area contributed by atoms with E-state index >= 15 is 0 Å². The van der Waals surface area contributed by atoms with E-state index in [9.17, 15) is 4.79 Å². The van der Waals surface area contributed by atoms with Crippen molar-refractivity contribution in [3.63, 3.8) is 0 Å². The van der Waals surface area contributed by atoms with Gasteiger partial charge in [-0.15, -0.1) is 0 Å². The molecule has 82 valence electrons. The summed E-state index contributed by atoms with van der Waals surface area (Å²) in [6.07, 6.45) is 0.0647. The van der Waals surface area contributed by atoms with Gasteiger partial charge in [0.05, 0.1) is 6.10 Å². The molecule has 0 aliphatic heterocycles. The Bertz CT molecular complexity index is 359. The van der Waals surface area contributed by atoms with Crippen LogP contribution >= 0.6 is 11.6 Å². The zero-order valence-electron chi connectivity index (χ0n) is 9.21. The van der Waals surface area contributed by atoms with Crippen LogP contribution in [0.4, 0.5) is 0 Å². The Morgan fingerprint density at radius 3 is 2.67 bits per heavy atom. The lowest BCUT2D eigenvalue weighted by Crippen LogP contribution is -2.13. The fourth-order valence-corrected chi connectivity index (χ4v) is 1.27. The molecule has 0 aromatic heterocycles. The molecule has 0 fully saturated rings. The predicted octanol–water partition coefficient (Wildman–Crippen LogP) is 3.26. The molecule has 0 aliphatic rings. The van der Waals surface area contributed by atoms with Crippen LogP contribution in [0, 0.1) is 6.92 Å². The molecule has 0 N–H and O–H groups in total. The van der Waals surface area contributed by atoms with E-state index < -0.39 is 0 Å². The molecule has 0 heterocycles. The van der Waals surface area contributed by atoms with E-state index in [0.717, 1.165) is 5.56 Å². The number of carbonyl (C=O) groups excluding carboxylic acids is 1. The zero-order chi connectivity index (χ0) is 11.4. The number of hydrogen-bond acceptors (Lipinski definition) is 2. The molecule has 0 radical (unpaired) electrons. The number of aryl methyl sites for hydroxylation is 1. The van der Waals surface area contributed by atoms with E-state index in [2.05, 4.69) is 0 Å². The van der Waals surface area contributed by atoms with Gasteiger partial charge in [0.25, 0.3) is 0 Å². The minimum absolute atomic E-state index is 0.0365. The highest BCUT2D eigenvalue weighted by molar-refractivity contribution is 6.31. The van der Waals surface area contributed by atoms with Crippen LogP contribution < -0.4 is 0 Å². The first kappa shape index (κ1) is 12.2. The molecule has 0 spiro atoms. The van der Waals surface area contributed by atoms with Gasteiger partial charge < -0.3 is 4.74 Å². The highest BCUT2D eigenvalue weighted by Crippen LogP contribution is 2.17. The Kier molecular flexibility index (Phi) is 4.30. The van der Waals surface area contributed by atoms with E-state index in [4.69, 9.17) is 16.3 Å². The van der Waals surface area contributed by atoms with Crippen molar-refractivity contribution >= 4 is 17.4 Å². The van der Waals surface area contributed by atoms with Gasteiger partial charge in [0.2, 0.25) is 0 Å². The Balaban J connectivity index is 2.70. The van der Waals surface area contributed by atoms with Gasteiger partial charge in [-0.3, -0.25) is 4.79 Å². The van der Waals surface area contributed by atoms with Crippen LogP contribution in [0.3, 0.4) is 0 Å². The third-order valence-corrected chi connectivity index (χ3v) is 2.45. The van der Waals surface area contributed by atoms with Crippen molar-refractivity contribution in [2.24, 2.45) is 0 Å². The Morgan fingerprint density at radius 1 is 1.47 bits per heavy atom. The van der Waals surface area contributed by atoms with Crippen LogP contribution in [0.2, 0.25) is 5.02 Å².